The van der Waals surface area contributed by atoms with E-state index in [1.165, 1.54) is 7.11 Å². The highest BCUT2D eigenvalue weighted by atomic mass is 35.5. The van der Waals surface area contributed by atoms with Gasteiger partial charge in [0.05, 0.1) is 18.1 Å². The summed E-state index contributed by atoms with van der Waals surface area (Å²) in [6.07, 6.45) is 4.71. The van der Waals surface area contributed by atoms with Crippen molar-refractivity contribution in [1.82, 2.24) is 0 Å². The Kier molecular flexibility index (Phi) is 5.62. The minimum absolute atomic E-state index is 0.0542. The second-order valence-electron chi connectivity index (χ2n) is 6.68. The number of carbonyl (C=O) groups is 2. The summed E-state index contributed by atoms with van der Waals surface area (Å²) in [4.78, 5) is 25.0. The van der Waals surface area contributed by atoms with E-state index in [0.717, 1.165) is 37.7 Å². The molecule has 26 heavy (non-hydrogen) atoms. The summed E-state index contributed by atoms with van der Waals surface area (Å²) in [5, 5.41) is 3.63. The molecule has 4 nitrogen and oxygen atoms in total. The minimum atomic E-state index is -0.593. The Morgan fingerprint density at radius 1 is 1.04 bits per heavy atom. The van der Waals surface area contributed by atoms with Gasteiger partial charge in [0.15, 0.2) is 0 Å². The number of benzene rings is 2. The summed E-state index contributed by atoms with van der Waals surface area (Å²) < 4.78 is 4.75. The molecule has 0 heterocycles. The topological polar surface area (TPSA) is 55.4 Å². The van der Waals surface area contributed by atoms with Gasteiger partial charge < -0.3 is 10.1 Å². The maximum Gasteiger partial charge on any atom is 0.337 e. The number of methoxy groups -OCH3 is 1. The minimum Gasteiger partial charge on any atom is -0.465 e. The van der Waals surface area contributed by atoms with Crippen molar-refractivity contribution in [2.75, 3.05) is 12.4 Å². The monoisotopic (exact) mass is 371 g/mol. The van der Waals surface area contributed by atoms with Crippen molar-refractivity contribution in [3.63, 3.8) is 0 Å². The van der Waals surface area contributed by atoms with E-state index in [-0.39, 0.29) is 5.91 Å². The molecule has 1 N–H and O–H groups in total. The molecule has 2 aromatic carbocycles. The lowest BCUT2D eigenvalue weighted by Crippen LogP contribution is -2.42. The van der Waals surface area contributed by atoms with Gasteiger partial charge in [0.25, 0.3) is 0 Å². The second kappa shape index (κ2) is 7.92. The van der Waals surface area contributed by atoms with Crippen LogP contribution >= 0.6 is 11.6 Å². The Labute approximate surface area is 158 Å². The van der Waals surface area contributed by atoms with Crippen LogP contribution in [0.2, 0.25) is 5.02 Å². The largest absolute Gasteiger partial charge is 0.465 e. The van der Waals surface area contributed by atoms with Gasteiger partial charge in [-0.1, -0.05) is 49.1 Å². The summed E-state index contributed by atoms with van der Waals surface area (Å²) in [6.45, 7) is 0. The Hall–Kier alpha value is -2.33. The summed E-state index contributed by atoms with van der Waals surface area (Å²) in [5.41, 5.74) is 1.35. The quantitative estimate of drug-likeness (QED) is 0.772. The molecule has 0 atom stereocenters. The SMILES string of the molecule is COC(=O)c1cccc(NC(=O)C2(c3cccc(Cl)c3)CCCCC2)c1. The predicted molar refractivity (Wildman–Crippen MR) is 103 cm³/mol. The van der Waals surface area contributed by atoms with Crippen LogP contribution in [-0.2, 0) is 14.9 Å². The van der Waals surface area contributed by atoms with Crippen LogP contribution in [0.5, 0.6) is 0 Å². The number of esters is 1. The van der Waals surface area contributed by atoms with Crippen LogP contribution in [0.15, 0.2) is 48.5 Å². The predicted octanol–water partition coefficient (Wildman–Crippen LogP) is 4.97. The number of hydrogen-bond acceptors (Lipinski definition) is 3. The number of hydrogen-bond donors (Lipinski definition) is 1. The normalized spacial score (nSPS) is 15.9. The fourth-order valence-corrected chi connectivity index (χ4v) is 3.87. The molecule has 0 radical (unpaired) electrons. The van der Waals surface area contributed by atoms with Crippen LogP contribution in [0.3, 0.4) is 0 Å². The van der Waals surface area contributed by atoms with E-state index in [0.29, 0.717) is 16.3 Å². The molecule has 0 aromatic heterocycles. The first kappa shape index (κ1) is 18.5. The van der Waals surface area contributed by atoms with Crippen LogP contribution in [0.4, 0.5) is 5.69 Å². The zero-order chi connectivity index (χ0) is 18.6. The van der Waals surface area contributed by atoms with E-state index in [4.69, 9.17) is 16.3 Å². The van der Waals surface area contributed by atoms with Crippen LogP contribution < -0.4 is 5.32 Å². The molecule has 2 aromatic rings. The van der Waals surface area contributed by atoms with Gasteiger partial charge in [-0.05, 0) is 48.7 Å². The zero-order valence-electron chi connectivity index (χ0n) is 14.8. The molecule has 1 fully saturated rings. The van der Waals surface area contributed by atoms with Crippen molar-refractivity contribution < 1.29 is 14.3 Å². The Morgan fingerprint density at radius 3 is 2.46 bits per heavy atom. The lowest BCUT2D eigenvalue weighted by atomic mass is 9.68. The van der Waals surface area contributed by atoms with E-state index in [2.05, 4.69) is 5.32 Å². The first-order valence-electron chi connectivity index (χ1n) is 8.81. The molecular formula is C21H22ClNO3. The Bertz CT molecular complexity index is 812. The molecule has 0 spiro atoms. The first-order chi connectivity index (χ1) is 12.5. The van der Waals surface area contributed by atoms with Crippen molar-refractivity contribution in [3.8, 4) is 0 Å². The standard InChI is InChI=1S/C21H22ClNO3/c1-26-19(24)15-7-5-10-18(13-15)23-20(25)21(11-3-2-4-12-21)16-8-6-9-17(22)14-16/h5-10,13-14H,2-4,11-12H2,1H3,(H,23,25). The average Bonchev–Trinajstić information content (AvgIpc) is 2.68. The molecule has 1 aliphatic rings. The number of anilines is 1. The van der Waals surface area contributed by atoms with Gasteiger partial charge in [0, 0.05) is 10.7 Å². The van der Waals surface area contributed by atoms with E-state index in [9.17, 15) is 9.59 Å². The summed E-state index contributed by atoms with van der Waals surface area (Å²) in [5.74, 6) is -0.482. The second-order valence-corrected chi connectivity index (χ2v) is 7.12. The molecule has 0 bridgehead atoms. The zero-order valence-corrected chi connectivity index (χ0v) is 15.5. The molecule has 5 heteroatoms. The molecule has 1 aliphatic carbocycles. The van der Waals surface area contributed by atoms with E-state index in [1.807, 2.05) is 24.3 Å². The fraction of sp³-hybridized carbons (Fsp3) is 0.333. The van der Waals surface area contributed by atoms with E-state index >= 15 is 0 Å². The highest BCUT2D eigenvalue weighted by Crippen LogP contribution is 2.41. The number of ether oxygens (including phenoxy) is 1. The van der Waals surface area contributed by atoms with Crippen LogP contribution in [0.25, 0.3) is 0 Å². The van der Waals surface area contributed by atoms with Crippen LogP contribution in [0.1, 0.15) is 48.0 Å². The molecule has 0 saturated heterocycles. The molecule has 3 rings (SSSR count). The average molecular weight is 372 g/mol. The number of halogens is 1. The third kappa shape index (κ3) is 3.75. The number of amides is 1. The Balaban J connectivity index is 1.91. The molecule has 1 saturated carbocycles. The van der Waals surface area contributed by atoms with Gasteiger partial charge >= 0.3 is 5.97 Å². The van der Waals surface area contributed by atoms with E-state index < -0.39 is 11.4 Å². The maximum absolute atomic E-state index is 13.3. The van der Waals surface area contributed by atoms with Crippen molar-refractivity contribution in [2.45, 2.75) is 37.5 Å². The van der Waals surface area contributed by atoms with Gasteiger partial charge in [-0.15, -0.1) is 0 Å². The van der Waals surface area contributed by atoms with E-state index in [1.54, 1.807) is 24.3 Å². The van der Waals surface area contributed by atoms with Crippen molar-refractivity contribution >= 4 is 29.2 Å². The summed E-state index contributed by atoms with van der Waals surface area (Å²) >= 11 is 6.18. The summed E-state index contributed by atoms with van der Waals surface area (Å²) in [6, 6.07) is 14.4. The molecule has 1 amide bonds. The highest BCUT2D eigenvalue weighted by Gasteiger charge is 2.41. The van der Waals surface area contributed by atoms with Crippen LogP contribution in [0, 0.1) is 0 Å². The lowest BCUT2D eigenvalue weighted by Gasteiger charge is -2.36. The molecule has 136 valence electrons. The van der Waals surface area contributed by atoms with Gasteiger partial charge in [-0.2, -0.15) is 0 Å². The van der Waals surface area contributed by atoms with Gasteiger partial charge in [-0.3, -0.25) is 4.79 Å². The molecule has 0 aliphatic heterocycles. The fourth-order valence-electron chi connectivity index (χ4n) is 3.68. The third-order valence-corrected chi connectivity index (χ3v) is 5.30. The van der Waals surface area contributed by atoms with Crippen molar-refractivity contribution in [3.05, 3.63) is 64.7 Å². The Morgan fingerprint density at radius 2 is 1.77 bits per heavy atom. The van der Waals surface area contributed by atoms with Crippen molar-refractivity contribution in [2.24, 2.45) is 0 Å². The van der Waals surface area contributed by atoms with Crippen LogP contribution in [-0.4, -0.2) is 19.0 Å². The molecular weight excluding hydrogens is 350 g/mol. The number of carbonyl (C=O) groups excluding carboxylic acids is 2. The molecule has 0 unspecified atom stereocenters. The maximum atomic E-state index is 13.3. The smallest absolute Gasteiger partial charge is 0.337 e. The lowest BCUT2D eigenvalue weighted by molar-refractivity contribution is -0.122. The van der Waals surface area contributed by atoms with Crippen molar-refractivity contribution in [1.29, 1.82) is 0 Å². The number of nitrogens with one attached hydrogen (secondary N) is 1. The summed E-state index contributed by atoms with van der Waals surface area (Å²) in [7, 11) is 1.34. The van der Waals surface area contributed by atoms with Gasteiger partial charge in [0.2, 0.25) is 5.91 Å². The first-order valence-corrected chi connectivity index (χ1v) is 9.19. The number of rotatable bonds is 4. The van der Waals surface area contributed by atoms with Gasteiger partial charge in [-0.25, -0.2) is 4.79 Å². The van der Waals surface area contributed by atoms with Gasteiger partial charge in [0.1, 0.15) is 0 Å². The highest BCUT2D eigenvalue weighted by molar-refractivity contribution is 6.30. The third-order valence-electron chi connectivity index (χ3n) is 5.06.